The molecule has 1 N–H and O–H groups in total. The van der Waals surface area contributed by atoms with E-state index in [2.05, 4.69) is 30.5 Å². The van der Waals surface area contributed by atoms with Gasteiger partial charge in [-0.05, 0) is 25.6 Å². The summed E-state index contributed by atoms with van der Waals surface area (Å²) in [5.41, 5.74) is 1.14. The van der Waals surface area contributed by atoms with Crippen LogP contribution < -0.4 is 5.32 Å². The second-order valence-electron chi connectivity index (χ2n) is 4.42. The summed E-state index contributed by atoms with van der Waals surface area (Å²) in [6, 6.07) is 4.16. The molecule has 0 aliphatic heterocycles. The molecule has 0 aliphatic carbocycles. The van der Waals surface area contributed by atoms with Crippen molar-refractivity contribution < 1.29 is 4.42 Å². The van der Waals surface area contributed by atoms with Crippen molar-refractivity contribution in [2.24, 2.45) is 0 Å². The van der Waals surface area contributed by atoms with Gasteiger partial charge in [0.1, 0.15) is 11.5 Å². The molecule has 4 nitrogen and oxygen atoms in total. The summed E-state index contributed by atoms with van der Waals surface area (Å²) >= 11 is 0. The molecule has 0 radical (unpaired) electrons. The maximum atomic E-state index is 5.81. The van der Waals surface area contributed by atoms with Gasteiger partial charge in [0.05, 0.1) is 12.2 Å². The van der Waals surface area contributed by atoms with Gasteiger partial charge in [-0.3, -0.25) is 4.68 Å². The SMILES string of the molecule is CCCn1cc(C(NC)c2ccc(CC)o2)cn1. The van der Waals surface area contributed by atoms with Crippen LogP contribution in [-0.2, 0) is 13.0 Å². The summed E-state index contributed by atoms with van der Waals surface area (Å²) in [6.07, 6.45) is 6.00. The molecule has 18 heavy (non-hydrogen) atoms. The molecule has 4 heteroatoms. The van der Waals surface area contributed by atoms with E-state index in [1.165, 1.54) is 0 Å². The van der Waals surface area contributed by atoms with Crippen LogP contribution in [-0.4, -0.2) is 16.8 Å². The summed E-state index contributed by atoms with van der Waals surface area (Å²) in [7, 11) is 1.94. The first-order chi connectivity index (χ1) is 8.78. The molecule has 0 spiro atoms. The number of nitrogens with zero attached hydrogens (tertiary/aromatic N) is 2. The van der Waals surface area contributed by atoms with E-state index in [1.54, 1.807) is 0 Å². The molecule has 2 rings (SSSR count). The van der Waals surface area contributed by atoms with Crippen LogP contribution in [0.2, 0.25) is 0 Å². The second-order valence-corrected chi connectivity index (χ2v) is 4.42. The number of hydrogen-bond acceptors (Lipinski definition) is 3. The standard InChI is InChI=1S/C14H21N3O/c1-4-8-17-10-11(9-16-17)14(15-3)13-7-6-12(5-2)18-13/h6-7,9-10,14-15H,4-5,8H2,1-3H3. The lowest BCUT2D eigenvalue weighted by atomic mass is 10.1. The van der Waals surface area contributed by atoms with Gasteiger partial charge in [-0.15, -0.1) is 0 Å². The Morgan fingerprint density at radius 3 is 2.83 bits per heavy atom. The monoisotopic (exact) mass is 247 g/mol. The quantitative estimate of drug-likeness (QED) is 0.853. The van der Waals surface area contributed by atoms with Crippen molar-refractivity contribution in [1.82, 2.24) is 15.1 Å². The van der Waals surface area contributed by atoms with Crippen molar-refractivity contribution in [3.63, 3.8) is 0 Å². The molecule has 98 valence electrons. The zero-order chi connectivity index (χ0) is 13.0. The van der Waals surface area contributed by atoms with Crippen LogP contribution in [0.25, 0.3) is 0 Å². The third-order valence-electron chi connectivity index (χ3n) is 3.04. The number of rotatable bonds is 6. The van der Waals surface area contributed by atoms with E-state index < -0.39 is 0 Å². The Hall–Kier alpha value is -1.55. The van der Waals surface area contributed by atoms with Crippen molar-refractivity contribution in [3.05, 3.63) is 41.6 Å². The van der Waals surface area contributed by atoms with Crippen LogP contribution in [0.1, 0.15) is 43.4 Å². The first-order valence-electron chi connectivity index (χ1n) is 6.56. The maximum Gasteiger partial charge on any atom is 0.125 e. The molecule has 0 aromatic carbocycles. The fourth-order valence-corrected chi connectivity index (χ4v) is 2.09. The van der Waals surface area contributed by atoms with Crippen LogP contribution in [0.15, 0.2) is 28.9 Å². The van der Waals surface area contributed by atoms with Crippen LogP contribution >= 0.6 is 0 Å². The Morgan fingerprint density at radius 1 is 1.39 bits per heavy atom. The highest BCUT2D eigenvalue weighted by molar-refractivity contribution is 5.23. The van der Waals surface area contributed by atoms with Gasteiger partial charge in [-0.1, -0.05) is 13.8 Å². The summed E-state index contributed by atoms with van der Waals surface area (Å²) in [5, 5.41) is 7.64. The smallest absolute Gasteiger partial charge is 0.125 e. The topological polar surface area (TPSA) is 43.0 Å². The zero-order valence-corrected chi connectivity index (χ0v) is 11.3. The molecule has 1 atom stereocenters. The van der Waals surface area contributed by atoms with Crippen LogP contribution in [0.4, 0.5) is 0 Å². The number of hydrogen-bond donors (Lipinski definition) is 1. The van der Waals surface area contributed by atoms with Gasteiger partial charge in [-0.2, -0.15) is 5.10 Å². The molecule has 0 aliphatic rings. The average molecular weight is 247 g/mol. The molecule has 0 fully saturated rings. The van der Waals surface area contributed by atoms with E-state index in [9.17, 15) is 0 Å². The van der Waals surface area contributed by atoms with E-state index in [1.807, 2.05) is 30.1 Å². The largest absolute Gasteiger partial charge is 0.464 e. The third-order valence-corrected chi connectivity index (χ3v) is 3.04. The van der Waals surface area contributed by atoms with Gasteiger partial charge in [0.15, 0.2) is 0 Å². The molecule has 0 saturated carbocycles. The molecule has 0 saturated heterocycles. The van der Waals surface area contributed by atoms with Gasteiger partial charge in [0.25, 0.3) is 0 Å². The van der Waals surface area contributed by atoms with Crippen LogP contribution in [0.5, 0.6) is 0 Å². The minimum atomic E-state index is 0.0795. The summed E-state index contributed by atoms with van der Waals surface area (Å²) in [5.74, 6) is 1.97. The Labute approximate surface area is 108 Å². The van der Waals surface area contributed by atoms with Crippen molar-refractivity contribution in [2.75, 3.05) is 7.05 Å². The summed E-state index contributed by atoms with van der Waals surface area (Å²) in [6.45, 7) is 5.20. The Morgan fingerprint density at radius 2 is 2.22 bits per heavy atom. The fraction of sp³-hybridized carbons (Fsp3) is 0.500. The predicted molar refractivity (Wildman–Crippen MR) is 71.5 cm³/mol. The second kappa shape index (κ2) is 5.87. The van der Waals surface area contributed by atoms with Gasteiger partial charge in [-0.25, -0.2) is 0 Å². The fourth-order valence-electron chi connectivity index (χ4n) is 2.09. The maximum absolute atomic E-state index is 5.81. The summed E-state index contributed by atoms with van der Waals surface area (Å²) < 4.78 is 7.79. The molecular weight excluding hydrogens is 226 g/mol. The minimum absolute atomic E-state index is 0.0795. The molecule has 2 aromatic rings. The average Bonchev–Trinajstić information content (AvgIpc) is 3.01. The van der Waals surface area contributed by atoms with Crippen LogP contribution in [0.3, 0.4) is 0 Å². The lowest BCUT2D eigenvalue weighted by molar-refractivity contribution is 0.433. The number of furan rings is 1. The van der Waals surface area contributed by atoms with Gasteiger partial charge in [0.2, 0.25) is 0 Å². The van der Waals surface area contributed by atoms with Gasteiger partial charge in [0, 0.05) is 24.7 Å². The van der Waals surface area contributed by atoms with E-state index in [0.717, 1.165) is 36.5 Å². The van der Waals surface area contributed by atoms with E-state index in [-0.39, 0.29) is 6.04 Å². The normalized spacial score (nSPS) is 12.8. The first-order valence-corrected chi connectivity index (χ1v) is 6.56. The van der Waals surface area contributed by atoms with Crippen molar-refractivity contribution in [3.8, 4) is 0 Å². The molecular formula is C14H21N3O. The molecule has 0 amide bonds. The lowest BCUT2D eigenvalue weighted by Crippen LogP contribution is -2.16. The highest BCUT2D eigenvalue weighted by Gasteiger charge is 2.17. The molecule has 0 bridgehead atoms. The third kappa shape index (κ3) is 2.64. The van der Waals surface area contributed by atoms with Crippen LogP contribution in [0, 0.1) is 0 Å². The van der Waals surface area contributed by atoms with Crippen molar-refractivity contribution in [1.29, 1.82) is 0 Å². The lowest BCUT2D eigenvalue weighted by Gasteiger charge is -2.11. The Kier molecular flexibility index (Phi) is 4.20. The Balaban J connectivity index is 2.21. The number of nitrogens with one attached hydrogen (secondary N) is 1. The predicted octanol–water partition coefficient (Wildman–Crippen LogP) is 2.76. The Bertz CT molecular complexity index is 487. The zero-order valence-electron chi connectivity index (χ0n) is 11.3. The molecule has 2 heterocycles. The van der Waals surface area contributed by atoms with E-state index in [0.29, 0.717) is 0 Å². The number of aryl methyl sites for hydroxylation is 2. The van der Waals surface area contributed by atoms with Gasteiger partial charge < -0.3 is 9.73 Å². The van der Waals surface area contributed by atoms with E-state index in [4.69, 9.17) is 4.42 Å². The summed E-state index contributed by atoms with van der Waals surface area (Å²) in [4.78, 5) is 0. The van der Waals surface area contributed by atoms with Crippen molar-refractivity contribution >= 4 is 0 Å². The van der Waals surface area contributed by atoms with E-state index >= 15 is 0 Å². The highest BCUT2D eigenvalue weighted by Crippen LogP contribution is 2.23. The highest BCUT2D eigenvalue weighted by atomic mass is 16.3. The van der Waals surface area contributed by atoms with Crippen molar-refractivity contribution in [2.45, 2.75) is 39.3 Å². The molecule has 1 unspecified atom stereocenters. The van der Waals surface area contributed by atoms with Gasteiger partial charge >= 0.3 is 0 Å². The minimum Gasteiger partial charge on any atom is -0.464 e. The molecule has 2 aromatic heterocycles. The number of aromatic nitrogens is 2. The first kappa shape index (κ1) is 12.9.